The number of amides is 1. The van der Waals surface area contributed by atoms with Gasteiger partial charge in [-0.3, -0.25) is 9.59 Å². The van der Waals surface area contributed by atoms with Gasteiger partial charge in [0, 0.05) is 12.1 Å². The molecule has 4 nitrogen and oxygen atoms in total. The quantitative estimate of drug-likeness (QED) is 0.771. The second-order valence-electron chi connectivity index (χ2n) is 2.88. The zero-order valence-electron chi connectivity index (χ0n) is 8.08. The number of phenols is 1. The molecule has 0 bridgehead atoms. The highest BCUT2D eigenvalue weighted by Crippen LogP contribution is 2.28. The van der Waals surface area contributed by atoms with E-state index in [2.05, 4.69) is 5.32 Å². The summed E-state index contributed by atoms with van der Waals surface area (Å²) in [5.41, 5.74) is 0.255. The van der Waals surface area contributed by atoms with Gasteiger partial charge in [0.2, 0.25) is 0 Å². The van der Waals surface area contributed by atoms with Crippen molar-refractivity contribution in [2.45, 2.75) is 6.92 Å². The fourth-order valence-electron chi connectivity index (χ4n) is 1.12. The summed E-state index contributed by atoms with van der Waals surface area (Å²) in [6, 6.07) is 2.59. The molecule has 1 aromatic rings. The molecule has 80 valence electrons. The third-order valence-electron chi connectivity index (χ3n) is 1.80. The molecule has 0 aliphatic heterocycles. The van der Waals surface area contributed by atoms with Gasteiger partial charge in [0.25, 0.3) is 5.91 Å². The largest absolute Gasteiger partial charge is 0.506 e. The zero-order chi connectivity index (χ0) is 11.4. The van der Waals surface area contributed by atoms with Crippen molar-refractivity contribution in [1.29, 1.82) is 0 Å². The van der Waals surface area contributed by atoms with E-state index >= 15 is 0 Å². The summed E-state index contributed by atoms with van der Waals surface area (Å²) in [5.74, 6) is -0.770. The monoisotopic (exact) mass is 227 g/mol. The lowest BCUT2D eigenvalue weighted by Gasteiger charge is -2.06. The molecule has 0 aromatic heterocycles. The number of benzene rings is 1. The highest BCUT2D eigenvalue weighted by atomic mass is 35.5. The number of halogens is 1. The van der Waals surface area contributed by atoms with Crippen molar-refractivity contribution in [2.24, 2.45) is 0 Å². The average molecular weight is 228 g/mol. The third-order valence-corrected chi connectivity index (χ3v) is 2.09. The highest BCUT2D eigenvalue weighted by molar-refractivity contribution is 6.33. The van der Waals surface area contributed by atoms with Crippen LogP contribution in [0.2, 0.25) is 5.02 Å². The SMILES string of the molecule is CCNC(=O)c1cc(C=O)cc(Cl)c1O. The lowest BCUT2D eigenvalue weighted by atomic mass is 10.1. The lowest BCUT2D eigenvalue weighted by molar-refractivity contribution is 0.0953. The van der Waals surface area contributed by atoms with Crippen LogP contribution in [-0.2, 0) is 0 Å². The number of carbonyl (C=O) groups excluding carboxylic acids is 2. The first-order valence-electron chi connectivity index (χ1n) is 4.36. The molecule has 0 saturated heterocycles. The maximum absolute atomic E-state index is 11.4. The molecule has 2 N–H and O–H groups in total. The van der Waals surface area contributed by atoms with Crippen molar-refractivity contribution >= 4 is 23.8 Å². The predicted molar refractivity (Wildman–Crippen MR) is 56.5 cm³/mol. The van der Waals surface area contributed by atoms with E-state index in [1.807, 2.05) is 0 Å². The second kappa shape index (κ2) is 4.79. The summed E-state index contributed by atoms with van der Waals surface area (Å²) < 4.78 is 0. The zero-order valence-corrected chi connectivity index (χ0v) is 8.84. The molecule has 0 fully saturated rings. The lowest BCUT2D eigenvalue weighted by Crippen LogP contribution is -2.22. The van der Waals surface area contributed by atoms with Crippen LogP contribution in [0, 0.1) is 0 Å². The number of hydrogen-bond acceptors (Lipinski definition) is 3. The highest BCUT2D eigenvalue weighted by Gasteiger charge is 2.14. The minimum atomic E-state index is -0.458. The van der Waals surface area contributed by atoms with Crippen molar-refractivity contribution in [3.8, 4) is 5.75 Å². The van der Waals surface area contributed by atoms with Gasteiger partial charge in [-0.15, -0.1) is 0 Å². The molecular formula is C10H10ClNO3. The topological polar surface area (TPSA) is 66.4 Å². The molecule has 0 atom stereocenters. The molecule has 0 unspecified atom stereocenters. The first-order valence-corrected chi connectivity index (χ1v) is 4.73. The molecule has 0 spiro atoms. The Kier molecular flexibility index (Phi) is 3.68. The summed E-state index contributed by atoms with van der Waals surface area (Å²) in [4.78, 5) is 22.0. The standard InChI is InChI=1S/C10H10ClNO3/c1-2-12-10(15)7-3-6(5-13)4-8(11)9(7)14/h3-5,14H,2H2,1H3,(H,12,15). The first-order chi connectivity index (χ1) is 7.10. The van der Waals surface area contributed by atoms with Gasteiger partial charge in [-0.25, -0.2) is 0 Å². The third kappa shape index (κ3) is 2.47. The Balaban J connectivity index is 3.21. The molecule has 0 heterocycles. The van der Waals surface area contributed by atoms with Crippen LogP contribution in [0.3, 0.4) is 0 Å². The van der Waals surface area contributed by atoms with Gasteiger partial charge < -0.3 is 10.4 Å². The van der Waals surface area contributed by atoms with Crippen LogP contribution in [0.25, 0.3) is 0 Å². The molecule has 0 aliphatic carbocycles. The number of aromatic hydroxyl groups is 1. The summed E-state index contributed by atoms with van der Waals surface area (Å²) in [6.07, 6.45) is 0.564. The minimum absolute atomic E-state index is 0.00597. The predicted octanol–water partition coefficient (Wildman–Crippen LogP) is 1.61. The first kappa shape index (κ1) is 11.5. The summed E-state index contributed by atoms with van der Waals surface area (Å²) >= 11 is 5.65. The second-order valence-corrected chi connectivity index (χ2v) is 3.28. The van der Waals surface area contributed by atoms with E-state index in [1.54, 1.807) is 6.92 Å². The minimum Gasteiger partial charge on any atom is -0.506 e. The van der Waals surface area contributed by atoms with Gasteiger partial charge in [-0.05, 0) is 19.1 Å². The van der Waals surface area contributed by atoms with Crippen LogP contribution in [-0.4, -0.2) is 23.8 Å². The van der Waals surface area contributed by atoms with Crippen molar-refractivity contribution in [2.75, 3.05) is 6.54 Å². The maximum Gasteiger partial charge on any atom is 0.255 e. The van der Waals surface area contributed by atoms with E-state index < -0.39 is 5.91 Å². The van der Waals surface area contributed by atoms with E-state index in [1.165, 1.54) is 12.1 Å². The van der Waals surface area contributed by atoms with Crippen LogP contribution in [0.1, 0.15) is 27.6 Å². The molecule has 1 rings (SSSR count). The Labute approximate surface area is 91.9 Å². The van der Waals surface area contributed by atoms with Gasteiger partial charge in [-0.1, -0.05) is 11.6 Å². The Hall–Kier alpha value is -1.55. The number of carbonyl (C=O) groups is 2. The van der Waals surface area contributed by atoms with E-state index in [-0.39, 0.29) is 21.9 Å². The smallest absolute Gasteiger partial charge is 0.255 e. The van der Waals surface area contributed by atoms with E-state index in [4.69, 9.17) is 11.6 Å². The summed E-state index contributed by atoms with van der Waals surface area (Å²) in [5, 5.41) is 12.0. The Morgan fingerprint density at radius 1 is 1.60 bits per heavy atom. The van der Waals surface area contributed by atoms with Gasteiger partial charge in [0.1, 0.15) is 12.0 Å². The number of hydrogen-bond donors (Lipinski definition) is 2. The molecule has 5 heteroatoms. The summed E-state index contributed by atoms with van der Waals surface area (Å²) in [7, 11) is 0. The number of rotatable bonds is 3. The maximum atomic E-state index is 11.4. The number of phenolic OH excluding ortho intramolecular Hbond substituents is 1. The molecular weight excluding hydrogens is 218 g/mol. The van der Waals surface area contributed by atoms with Crippen molar-refractivity contribution < 1.29 is 14.7 Å². The normalized spacial score (nSPS) is 9.73. The Bertz CT molecular complexity index is 404. The van der Waals surface area contributed by atoms with E-state index in [0.717, 1.165) is 0 Å². The number of aldehydes is 1. The van der Waals surface area contributed by atoms with Crippen LogP contribution in [0.4, 0.5) is 0 Å². The van der Waals surface area contributed by atoms with Gasteiger partial charge in [0.05, 0.1) is 10.6 Å². The molecule has 15 heavy (non-hydrogen) atoms. The molecule has 0 saturated carbocycles. The van der Waals surface area contributed by atoms with Crippen molar-refractivity contribution in [3.05, 3.63) is 28.3 Å². The van der Waals surface area contributed by atoms with Crippen LogP contribution < -0.4 is 5.32 Å². The van der Waals surface area contributed by atoms with E-state index in [0.29, 0.717) is 12.8 Å². The molecule has 1 amide bonds. The van der Waals surface area contributed by atoms with E-state index in [9.17, 15) is 14.7 Å². The fraction of sp³-hybridized carbons (Fsp3) is 0.200. The molecule has 0 radical (unpaired) electrons. The van der Waals surface area contributed by atoms with Crippen LogP contribution >= 0.6 is 11.6 Å². The van der Waals surface area contributed by atoms with Crippen molar-refractivity contribution in [1.82, 2.24) is 5.32 Å². The Morgan fingerprint density at radius 2 is 2.27 bits per heavy atom. The average Bonchev–Trinajstić information content (AvgIpc) is 2.22. The van der Waals surface area contributed by atoms with Crippen LogP contribution in [0.5, 0.6) is 5.75 Å². The molecule has 1 aromatic carbocycles. The van der Waals surface area contributed by atoms with Gasteiger partial charge in [0.15, 0.2) is 0 Å². The van der Waals surface area contributed by atoms with Gasteiger partial charge >= 0.3 is 0 Å². The van der Waals surface area contributed by atoms with Crippen molar-refractivity contribution in [3.63, 3.8) is 0 Å². The summed E-state index contributed by atoms with van der Waals surface area (Å²) in [6.45, 7) is 2.18. The number of nitrogens with one attached hydrogen (secondary N) is 1. The fourth-order valence-corrected chi connectivity index (χ4v) is 1.34. The van der Waals surface area contributed by atoms with Gasteiger partial charge in [-0.2, -0.15) is 0 Å². The molecule has 0 aliphatic rings. The Morgan fingerprint density at radius 3 is 2.80 bits per heavy atom. The van der Waals surface area contributed by atoms with Crippen LogP contribution in [0.15, 0.2) is 12.1 Å².